The van der Waals surface area contributed by atoms with Crippen molar-refractivity contribution in [2.24, 2.45) is 0 Å². The number of nitrogens with one attached hydrogen (secondary N) is 1. The Morgan fingerprint density at radius 1 is 1.00 bits per heavy atom. The molecule has 0 radical (unpaired) electrons. The Kier molecular flexibility index (Phi) is 8.82. The van der Waals surface area contributed by atoms with Gasteiger partial charge < -0.3 is 10.1 Å². The molecule has 2 rings (SSSR count). The molecule has 2 aromatic rings. The lowest BCUT2D eigenvalue weighted by molar-refractivity contribution is -0.137. The molecule has 0 unspecified atom stereocenters. The third-order valence-electron chi connectivity index (χ3n) is 4.82. The molecular formula is C23H31NO3. The van der Waals surface area contributed by atoms with Gasteiger partial charge in [0.25, 0.3) is 0 Å². The number of fused-ring (bicyclic) bond motifs is 1. The van der Waals surface area contributed by atoms with Crippen LogP contribution >= 0.6 is 0 Å². The summed E-state index contributed by atoms with van der Waals surface area (Å²) in [4.78, 5) is 26.8. The van der Waals surface area contributed by atoms with Crippen molar-refractivity contribution in [3.05, 3.63) is 41.6 Å². The first-order valence-electron chi connectivity index (χ1n) is 10.2. The summed E-state index contributed by atoms with van der Waals surface area (Å²) >= 11 is 0. The van der Waals surface area contributed by atoms with Crippen LogP contribution in [-0.2, 0) is 4.79 Å². The number of aliphatic carboxylic acids is 1. The minimum atomic E-state index is -0.774. The number of Topliss-reactive ketones (excluding diaryl/α,β-unsaturated/α-hetero) is 1. The summed E-state index contributed by atoms with van der Waals surface area (Å²) in [5, 5.41) is 9.67. The number of hydrogen-bond donors (Lipinski definition) is 2. The molecule has 0 saturated heterocycles. The van der Waals surface area contributed by atoms with E-state index in [4.69, 9.17) is 5.11 Å². The monoisotopic (exact) mass is 369 g/mol. The van der Waals surface area contributed by atoms with E-state index in [9.17, 15) is 9.59 Å². The first-order valence-corrected chi connectivity index (χ1v) is 10.2. The van der Waals surface area contributed by atoms with Crippen LogP contribution in [0, 0.1) is 0 Å². The van der Waals surface area contributed by atoms with Crippen LogP contribution in [0.15, 0.2) is 30.3 Å². The van der Waals surface area contributed by atoms with Crippen LogP contribution in [0.1, 0.15) is 87.2 Å². The lowest BCUT2D eigenvalue weighted by atomic mass is 10.0. The van der Waals surface area contributed by atoms with E-state index in [0.29, 0.717) is 12.8 Å². The molecular weight excluding hydrogens is 338 g/mol. The molecule has 0 aliphatic heterocycles. The second-order valence-electron chi connectivity index (χ2n) is 7.09. The van der Waals surface area contributed by atoms with Crippen molar-refractivity contribution in [1.29, 1.82) is 0 Å². The normalized spacial score (nSPS) is 11.4. The van der Waals surface area contributed by atoms with Crippen molar-refractivity contribution in [2.75, 3.05) is 0 Å². The maximum atomic E-state index is 12.8. The second kappa shape index (κ2) is 11.4. The van der Waals surface area contributed by atoms with E-state index in [1.54, 1.807) is 0 Å². The molecule has 0 bridgehead atoms. The first kappa shape index (κ1) is 20.9. The highest BCUT2D eigenvalue weighted by Crippen LogP contribution is 2.26. The zero-order valence-electron chi connectivity index (χ0n) is 16.3. The Hall–Kier alpha value is -2.36. The van der Waals surface area contributed by atoms with Crippen LogP contribution < -0.4 is 0 Å². The molecule has 1 aromatic heterocycles. The van der Waals surface area contributed by atoms with Crippen LogP contribution in [0.3, 0.4) is 0 Å². The molecule has 146 valence electrons. The molecule has 2 N–H and O–H groups in total. The van der Waals surface area contributed by atoms with Crippen LogP contribution in [-0.4, -0.2) is 21.8 Å². The van der Waals surface area contributed by atoms with Crippen molar-refractivity contribution in [3.63, 3.8) is 0 Å². The Morgan fingerprint density at radius 3 is 2.52 bits per heavy atom. The van der Waals surface area contributed by atoms with Gasteiger partial charge in [-0.15, -0.1) is 0 Å². The zero-order chi connectivity index (χ0) is 19.5. The van der Waals surface area contributed by atoms with Gasteiger partial charge in [0.15, 0.2) is 5.78 Å². The third-order valence-corrected chi connectivity index (χ3v) is 4.82. The van der Waals surface area contributed by atoms with E-state index < -0.39 is 5.97 Å². The summed E-state index contributed by atoms with van der Waals surface area (Å²) in [6.07, 6.45) is 12.9. The Labute approximate surface area is 161 Å². The molecule has 0 fully saturated rings. The number of hydrogen-bond acceptors (Lipinski definition) is 2. The van der Waals surface area contributed by atoms with E-state index >= 15 is 0 Å². The molecule has 0 amide bonds. The maximum absolute atomic E-state index is 12.8. The number of carboxylic acid groups (broad SMARTS) is 1. The Morgan fingerprint density at radius 2 is 1.74 bits per heavy atom. The summed E-state index contributed by atoms with van der Waals surface area (Å²) in [5.74, 6) is -0.641. The fourth-order valence-electron chi connectivity index (χ4n) is 3.34. The molecule has 0 atom stereocenters. The SMILES string of the molecule is CCCCCC/C=C/c1[nH]c2ccccc2c1C(=O)CCCCCC(=O)O. The number of aromatic nitrogens is 1. The van der Waals surface area contributed by atoms with Gasteiger partial charge in [0, 0.05) is 29.4 Å². The molecule has 0 aliphatic carbocycles. The number of ketones is 1. The number of carbonyl (C=O) groups is 2. The highest BCUT2D eigenvalue weighted by molar-refractivity contribution is 6.10. The van der Waals surface area contributed by atoms with Gasteiger partial charge in [0.1, 0.15) is 0 Å². The van der Waals surface area contributed by atoms with Crippen molar-refractivity contribution in [1.82, 2.24) is 4.98 Å². The smallest absolute Gasteiger partial charge is 0.303 e. The number of carbonyl (C=O) groups excluding carboxylic acids is 1. The lowest BCUT2D eigenvalue weighted by Gasteiger charge is -2.02. The number of para-hydroxylation sites is 1. The Bertz CT molecular complexity index is 773. The maximum Gasteiger partial charge on any atom is 0.303 e. The number of allylic oxidation sites excluding steroid dienone is 1. The number of carboxylic acids is 1. The topological polar surface area (TPSA) is 70.2 Å². The van der Waals surface area contributed by atoms with Gasteiger partial charge >= 0.3 is 5.97 Å². The average Bonchev–Trinajstić information content (AvgIpc) is 3.02. The standard InChI is InChI=1S/C23H31NO3/c1-2-3-4-5-6-8-15-20-23(18-13-11-12-14-19(18)24-20)21(25)16-9-7-10-17-22(26)27/h8,11-15,24H,2-7,9-10,16-17H2,1H3,(H,26,27)/b15-8+. The van der Waals surface area contributed by atoms with Gasteiger partial charge in [-0.2, -0.15) is 0 Å². The molecule has 4 nitrogen and oxygen atoms in total. The van der Waals surface area contributed by atoms with E-state index in [0.717, 1.165) is 41.4 Å². The van der Waals surface area contributed by atoms with Crippen molar-refractivity contribution >= 4 is 28.7 Å². The van der Waals surface area contributed by atoms with Crippen LogP contribution in [0.25, 0.3) is 17.0 Å². The fourth-order valence-corrected chi connectivity index (χ4v) is 3.34. The number of unbranched alkanes of at least 4 members (excludes halogenated alkanes) is 6. The lowest BCUT2D eigenvalue weighted by Crippen LogP contribution is -2.01. The van der Waals surface area contributed by atoms with Gasteiger partial charge in [-0.1, -0.05) is 56.9 Å². The van der Waals surface area contributed by atoms with Gasteiger partial charge in [0.2, 0.25) is 0 Å². The van der Waals surface area contributed by atoms with Crippen molar-refractivity contribution in [2.45, 2.75) is 71.1 Å². The number of H-pyrrole nitrogens is 1. The average molecular weight is 370 g/mol. The van der Waals surface area contributed by atoms with Gasteiger partial charge in [-0.05, 0) is 37.8 Å². The largest absolute Gasteiger partial charge is 0.481 e. The summed E-state index contributed by atoms with van der Waals surface area (Å²) in [6, 6.07) is 7.91. The fraction of sp³-hybridized carbons (Fsp3) is 0.478. The van der Waals surface area contributed by atoms with Gasteiger partial charge in [0.05, 0.1) is 5.56 Å². The molecule has 1 aromatic carbocycles. The minimum Gasteiger partial charge on any atom is -0.481 e. The summed E-state index contributed by atoms with van der Waals surface area (Å²) in [5.41, 5.74) is 2.65. The quantitative estimate of drug-likeness (QED) is 0.318. The van der Waals surface area contributed by atoms with Gasteiger partial charge in [-0.3, -0.25) is 9.59 Å². The predicted molar refractivity (Wildman–Crippen MR) is 111 cm³/mol. The molecule has 4 heteroatoms. The molecule has 1 heterocycles. The summed E-state index contributed by atoms with van der Waals surface area (Å²) < 4.78 is 0. The van der Waals surface area contributed by atoms with Gasteiger partial charge in [-0.25, -0.2) is 0 Å². The zero-order valence-corrected chi connectivity index (χ0v) is 16.3. The van der Waals surface area contributed by atoms with Crippen molar-refractivity contribution < 1.29 is 14.7 Å². The van der Waals surface area contributed by atoms with Crippen molar-refractivity contribution in [3.8, 4) is 0 Å². The van der Waals surface area contributed by atoms with Crippen LogP contribution in [0.2, 0.25) is 0 Å². The highest BCUT2D eigenvalue weighted by atomic mass is 16.4. The van der Waals surface area contributed by atoms with E-state index in [2.05, 4.69) is 18.0 Å². The predicted octanol–water partition coefficient (Wildman–Crippen LogP) is 6.37. The Balaban J connectivity index is 2.03. The number of aromatic amines is 1. The number of benzene rings is 1. The van der Waals surface area contributed by atoms with E-state index in [-0.39, 0.29) is 12.2 Å². The molecule has 27 heavy (non-hydrogen) atoms. The van der Waals surface area contributed by atoms with Crippen LogP contribution in [0.4, 0.5) is 0 Å². The van der Waals surface area contributed by atoms with Crippen LogP contribution in [0.5, 0.6) is 0 Å². The second-order valence-corrected chi connectivity index (χ2v) is 7.09. The molecule has 0 aliphatic rings. The number of rotatable bonds is 13. The van der Waals surface area contributed by atoms with E-state index in [1.165, 1.54) is 25.7 Å². The summed E-state index contributed by atoms with van der Waals surface area (Å²) in [7, 11) is 0. The third kappa shape index (κ3) is 6.70. The molecule has 0 spiro atoms. The summed E-state index contributed by atoms with van der Waals surface area (Å²) in [6.45, 7) is 2.21. The first-order chi connectivity index (χ1) is 13.1. The van der Waals surface area contributed by atoms with E-state index in [1.807, 2.05) is 30.3 Å². The highest BCUT2D eigenvalue weighted by Gasteiger charge is 2.16. The molecule has 0 saturated carbocycles. The minimum absolute atomic E-state index is 0.133.